The number of aliphatic hydroxyl groups excluding tert-OH is 1. The molecule has 0 saturated heterocycles. The maximum absolute atomic E-state index is 12.5. The third kappa shape index (κ3) is 4.67. The van der Waals surface area contributed by atoms with E-state index < -0.39 is 24.5 Å². The van der Waals surface area contributed by atoms with Crippen LogP contribution in [-0.4, -0.2) is 40.3 Å². The number of rotatable bonds is 7. The fraction of sp³-hybridized carbons (Fsp3) is 0.100. The van der Waals surface area contributed by atoms with Gasteiger partial charge in [-0.15, -0.1) is 11.3 Å². The minimum atomic E-state index is -1.15. The summed E-state index contributed by atoms with van der Waals surface area (Å²) in [7, 11) is 0. The second-order valence-corrected chi connectivity index (χ2v) is 6.71. The van der Waals surface area contributed by atoms with Gasteiger partial charge in [0, 0.05) is 28.3 Å². The molecular weight excluding hydrogens is 378 g/mol. The molecule has 7 nitrogen and oxygen atoms in total. The summed E-state index contributed by atoms with van der Waals surface area (Å²) in [5.74, 6) is -1.37. The van der Waals surface area contributed by atoms with Crippen LogP contribution in [0, 0.1) is 0 Å². The van der Waals surface area contributed by atoms with Gasteiger partial charge in [-0.25, -0.2) is 4.98 Å². The molecule has 0 aliphatic heterocycles. The van der Waals surface area contributed by atoms with Crippen molar-refractivity contribution in [1.29, 1.82) is 0 Å². The quantitative estimate of drug-likeness (QED) is 0.531. The lowest BCUT2D eigenvalue weighted by Gasteiger charge is -2.15. The van der Waals surface area contributed by atoms with E-state index in [9.17, 15) is 19.5 Å². The molecule has 142 valence electrons. The summed E-state index contributed by atoms with van der Waals surface area (Å²) in [5.41, 5.74) is 1.07. The zero-order valence-corrected chi connectivity index (χ0v) is 15.5. The Labute approximate surface area is 165 Å². The van der Waals surface area contributed by atoms with Gasteiger partial charge in [0.1, 0.15) is 6.04 Å². The number of nitrogens with one attached hydrogen (secondary N) is 2. The standard InChI is InChI=1S/C20H17N3O4S/c24-12-16(19(27)23-20-21-9-10-28-20)22-18(26)15-8-4-7-14(11-15)17(25)13-5-2-1-3-6-13/h1-11,16,24H,12H2,(H,22,26)(H,21,23,27)/t16-/m0/s1. The summed E-state index contributed by atoms with van der Waals surface area (Å²) >= 11 is 1.22. The number of hydrogen-bond acceptors (Lipinski definition) is 6. The van der Waals surface area contributed by atoms with Crippen molar-refractivity contribution in [2.75, 3.05) is 11.9 Å². The zero-order valence-electron chi connectivity index (χ0n) is 14.7. The van der Waals surface area contributed by atoms with Gasteiger partial charge in [0.15, 0.2) is 10.9 Å². The van der Waals surface area contributed by atoms with Crippen molar-refractivity contribution in [2.24, 2.45) is 0 Å². The Hall–Kier alpha value is -3.36. The van der Waals surface area contributed by atoms with Crippen LogP contribution in [-0.2, 0) is 4.79 Å². The Morgan fingerprint density at radius 3 is 2.39 bits per heavy atom. The molecule has 0 unspecified atom stereocenters. The average molecular weight is 395 g/mol. The monoisotopic (exact) mass is 395 g/mol. The van der Waals surface area contributed by atoms with Gasteiger partial charge in [-0.2, -0.15) is 0 Å². The highest BCUT2D eigenvalue weighted by Crippen LogP contribution is 2.13. The lowest BCUT2D eigenvalue weighted by molar-refractivity contribution is -0.118. The van der Waals surface area contributed by atoms with E-state index in [1.807, 2.05) is 6.07 Å². The third-order valence-electron chi connectivity index (χ3n) is 3.89. The number of benzene rings is 2. The van der Waals surface area contributed by atoms with Crippen LogP contribution in [0.15, 0.2) is 66.2 Å². The van der Waals surface area contributed by atoms with Crippen LogP contribution >= 0.6 is 11.3 Å². The summed E-state index contributed by atoms with van der Waals surface area (Å²) in [6, 6.07) is 13.8. The highest BCUT2D eigenvalue weighted by atomic mass is 32.1. The van der Waals surface area contributed by atoms with Crippen molar-refractivity contribution >= 4 is 34.1 Å². The highest BCUT2D eigenvalue weighted by Gasteiger charge is 2.22. The van der Waals surface area contributed by atoms with Crippen LogP contribution in [0.2, 0.25) is 0 Å². The van der Waals surface area contributed by atoms with Gasteiger partial charge in [-0.05, 0) is 12.1 Å². The van der Waals surface area contributed by atoms with Crippen LogP contribution in [0.3, 0.4) is 0 Å². The van der Waals surface area contributed by atoms with E-state index in [4.69, 9.17) is 0 Å². The Balaban J connectivity index is 1.71. The summed E-state index contributed by atoms with van der Waals surface area (Å²) in [4.78, 5) is 41.2. The average Bonchev–Trinajstić information content (AvgIpc) is 3.25. The van der Waals surface area contributed by atoms with Crippen molar-refractivity contribution in [3.05, 3.63) is 82.9 Å². The summed E-state index contributed by atoms with van der Waals surface area (Å²) in [5, 5.41) is 16.5. The van der Waals surface area contributed by atoms with Crippen molar-refractivity contribution in [1.82, 2.24) is 10.3 Å². The summed E-state index contributed by atoms with van der Waals surface area (Å²) < 4.78 is 0. The van der Waals surface area contributed by atoms with Crippen molar-refractivity contribution in [2.45, 2.75) is 6.04 Å². The summed E-state index contributed by atoms with van der Waals surface area (Å²) in [6.07, 6.45) is 1.53. The Kier molecular flexibility index (Phi) is 6.25. The van der Waals surface area contributed by atoms with Crippen molar-refractivity contribution in [3.8, 4) is 0 Å². The molecule has 0 spiro atoms. The van der Waals surface area contributed by atoms with E-state index in [1.165, 1.54) is 29.7 Å². The topological polar surface area (TPSA) is 108 Å². The number of hydrogen-bond donors (Lipinski definition) is 3. The fourth-order valence-electron chi connectivity index (χ4n) is 2.47. The Bertz CT molecular complexity index is 974. The molecule has 0 saturated carbocycles. The van der Waals surface area contributed by atoms with Crippen LogP contribution in [0.5, 0.6) is 0 Å². The number of thiazole rings is 1. The van der Waals surface area contributed by atoms with Crippen LogP contribution < -0.4 is 10.6 Å². The van der Waals surface area contributed by atoms with Crippen LogP contribution in [0.4, 0.5) is 5.13 Å². The first-order valence-electron chi connectivity index (χ1n) is 8.40. The minimum Gasteiger partial charge on any atom is -0.394 e. The molecule has 1 aromatic heterocycles. The molecule has 1 heterocycles. The smallest absolute Gasteiger partial charge is 0.252 e. The van der Waals surface area contributed by atoms with Gasteiger partial charge >= 0.3 is 0 Å². The van der Waals surface area contributed by atoms with Crippen LogP contribution in [0.25, 0.3) is 0 Å². The number of aliphatic hydroxyl groups is 1. The van der Waals surface area contributed by atoms with Gasteiger partial charge in [0.05, 0.1) is 6.61 Å². The lowest BCUT2D eigenvalue weighted by Crippen LogP contribution is -2.46. The molecule has 3 aromatic rings. The molecule has 8 heteroatoms. The first kappa shape index (κ1) is 19.4. The molecule has 0 radical (unpaired) electrons. The maximum Gasteiger partial charge on any atom is 0.252 e. The number of anilines is 1. The largest absolute Gasteiger partial charge is 0.394 e. The first-order chi connectivity index (χ1) is 13.6. The minimum absolute atomic E-state index is 0.210. The lowest BCUT2D eigenvalue weighted by atomic mass is 10.0. The normalized spacial score (nSPS) is 11.5. The molecule has 2 amide bonds. The van der Waals surface area contributed by atoms with Gasteiger partial charge in [-0.1, -0.05) is 42.5 Å². The molecule has 28 heavy (non-hydrogen) atoms. The number of amides is 2. The second kappa shape index (κ2) is 9.03. The summed E-state index contributed by atoms with van der Waals surface area (Å²) in [6.45, 7) is -0.578. The molecule has 0 aliphatic rings. The van der Waals surface area contributed by atoms with E-state index in [0.29, 0.717) is 16.3 Å². The molecule has 3 N–H and O–H groups in total. The molecule has 0 fully saturated rings. The van der Waals surface area contributed by atoms with E-state index >= 15 is 0 Å². The maximum atomic E-state index is 12.5. The van der Waals surface area contributed by atoms with Crippen molar-refractivity contribution < 1.29 is 19.5 Å². The molecular formula is C20H17N3O4S. The van der Waals surface area contributed by atoms with E-state index in [-0.39, 0.29) is 11.3 Å². The number of carbonyl (C=O) groups is 3. The Morgan fingerprint density at radius 2 is 1.71 bits per heavy atom. The predicted octanol–water partition coefficient (Wildman–Crippen LogP) is 2.10. The molecule has 0 aliphatic carbocycles. The van der Waals surface area contributed by atoms with Gasteiger partial charge in [-0.3, -0.25) is 14.4 Å². The second-order valence-electron chi connectivity index (χ2n) is 5.81. The van der Waals surface area contributed by atoms with E-state index in [1.54, 1.807) is 41.8 Å². The van der Waals surface area contributed by atoms with Gasteiger partial charge in [0.2, 0.25) is 0 Å². The van der Waals surface area contributed by atoms with Crippen LogP contribution in [0.1, 0.15) is 26.3 Å². The third-order valence-corrected chi connectivity index (χ3v) is 4.58. The zero-order chi connectivity index (χ0) is 19.9. The first-order valence-corrected chi connectivity index (χ1v) is 9.28. The predicted molar refractivity (Wildman–Crippen MR) is 105 cm³/mol. The number of aromatic nitrogens is 1. The fourth-order valence-corrected chi connectivity index (χ4v) is 3.00. The number of carbonyl (C=O) groups excluding carboxylic acids is 3. The molecule has 2 aromatic carbocycles. The highest BCUT2D eigenvalue weighted by molar-refractivity contribution is 7.13. The SMILES string of the molecule is O=C(N[C@@H](CO)C(=O)Nc1nccs1)c1cccc(C(=O)c2ccccc2)c1. The van der Waals surface area contributed by atoms with E-state index in [2.05, 4.69) is 15.6 Å². The van der Waals surface area contributed by atoms with Gasteiger partial charge in [0.25, 0.3) is 11.8 Å². The number of nitrogens with zero attached hydrogens (tertiary/aromatic N) is 1. The van der Waals surface area contributed by atoms with E-state index in [0.717, 1.165) is 0 Å². The Morgan fingerprint density at radius 1 is 1.00 bits per heavy atom. The number of ketones is 1. The van der Waals surface area contributed by atoms with Crippen molar-refractivity contribution in [3.63, 3.8) is 0 Å². The van der Waals surface area contributed by atoms with Gasteiger partial charge < -0.3 is 15.7 Å². The molecule has 1 atom stereocenters. The molecule has 3 rings (SSSR count). The molecule has 0 bridgehead atoms.